The first kappa shape index (κ1) is 14.6. The Morgan fingerprint density at radius 3 is 3.05 bits per heavy atom. The Kier molecular flexibility index (Phi) is 5.21. The van der Waals surface area contributed by atoms with Gasteiger partial charge in [-0.2, -0.15) is 0 Å². The second-order valence-electron chi connectivity index (χ2n) is 5.36. The number of aromatic nitrogens is 1. The van der Waals surface area contributed by atoms with E-state index in [9.17, 15) is 4.79 Å². The Labute approximate surface area is 120 Å². The van der Waals surface area contributed by atoms with Crippen LogP contribution in [0.1, 0.15) is 33.1 Å². The minimum absolute atomic E-state index is 0.423. The normalized spacial score (nSPS) is 18.7. The Hall–Kier alpha value is -1.78. The summed E-state index contributed by atoms with van der Waals surface area (Å²) in [4.78, 5) is 18.2. The van der Waals surface area contributed by atoms with E-state index < -0.39 is 6.09 Å². The number of rotatable bonds is 4. The molecule has 2 heterocycles. The van der Waals surface area contributed by atoms with Gasteiger partial charge >= 0.3 is 6.09 Å². The van der Waals surface area contributed by atoms with Crippen LogP contribution in [-0.4, -0.2) is 30.8 Å². The monoisotopic (exact) mass is 277 g/mol. The van der Waals surface area contributed by atoms with Crippen LogP contribution in [0.4, 0.5) is 16.3 Å². The second kappa shape index (κ2) is 7.12. The van der Waals surface area contributed by atoms with Crippen molar-refractivity contribution in [2.45, 2.75) is 33.1 Å². The number of piperidine rings is 1. The molecule has 1 N–H and O–H groups in total. The second-order valence-corrected chi connectivity index (χ2v) is 5.36. The zero-order valence-corrected chi connectivity index (χ0v) is 12.3. The molecule has 1 unspecified atom stereocenters. The highest BCUT2D eigenvalue weighted by Crippen LogP contribution is 2.22. The van der Waals surface area contributed by atoms with Gasteiger partial charge in [-0.3, -0.25) is 5.32 Å². The predicted molar refractivity (Wildman–Crippen MR) is 80.1 cm³/mol. The van der Waals surface area contributed by atoms with Crippen molar-refractivity contribution in [2.75, 3.05) is 29.9 Å². The van der Waals surface area contributed by atoms with Crippen LogP contribution in [0.15, 0.2) is 18.3 Å². The number of nitrogens with zero attached hydrogens (tertiary/aromatic N) is 2. The number of carbonyl (C=O) groups is 1. The lowest BCUT2D eigenvalue weighted by molar-refractivity contribution is 0.161. The maximum absolute atomic E-state index is 11.4. The number of carbonyl (C=O) groups excluding carboxylic acids is 1. The van der Waals surface area contributed by atoms with E-state index in [1.807, 2.05) is 19.1 Å². The molecule has 5 heteroatoms. The number of amides is 1. The zero-order valence-electron chi connectivity index (χ0n) is 12.3. The molecule has 2 rings (SSSR count). The van der Waals surface area contributed by atoms with Crippen molar-refractivity contribution in [1.82, 2.24) is 4.98 Å². The molecule has 0 aromatic carbocycles. The summed E-state index contributed by atoms with van der Waals surface area (Å²) in [5.41, 5.74) is 0.667. The van der Waals surface area contributed by atoms with Gasteiger partial charge in [0.25, 0.3) is 0 Å². The molecule has 1 fully saturated rings. The molecule has 1 aliphatic rings. The minimum atomic E-state index is -0.423. The lowest BCUT2D eigenvalue weighted by Crippen LogP contribution is -2.34. The molecule has 0 bridgehead atoms. The number of ether oxygens (including phenoxy) is 1. The van der Waals surface area contributed by atoms with Gasteiger partial charge in [-0.1, -0.05) is 13.8 Å². The van der Waals surface area contributed by atoms with E-state index in [0.717, 1.165) is 25.3 Å². The molecule has 1 aromatic rings. The lowest BCUT2D eigenvalue weighted by Gasteiger charge is -2.31. The molecule has 1 saturated heterocycles. The Bertz CT molecular complexity index is 433. The molecule has 0 aliphatic carbocycles. The van der Waals surface area contributed by atoms with Crippen molar-refractivity contribution in [3.63, 3.8) is 0 Å². The molecular weight excluding hydrogens is 254 g/mol. The van der Waals surface area contributed by atoms with Crippen molar-refractivity contribution < 1.29 is 9.53 Å². The lowest BCUT2D eigenvalue weighted by atomic mass is 10.0. The van der Waals surface area contributed by atoms with Gasteiger partial charge in [0.05, 0.1) is 18.5 Å². The summed E-state index contributed by atoms with van der Waals surface area (Å²) in [6.07, 6.45) is 4.58. The molecule has 110 valence electrons. The van der Waals surface area contributed by atoms with Gasteiger partial charge in [0.1, 0.15) is 5.82 Å². The van der Waals surface area contributed by atoms with E-state index in [1.165, 1.54) is 12.8 Å². The fourth-order valence-corrected chi connectivity index (χ4v) is 2.39. The number of hydrogen-bond acceptors (Lipinski definition) is 4. The first-order chi connectivity index (χ1) is 9.69. The molecule has 0 saturated carbocycles. The summed E-state index contributed by atoms with van der Waals surface area (Å²) in [7, 11) is 0. The minimum Gasteiger partial charge on any atom is -0.449 e. The summed E-state index contributed by atoms with van der Waals surface area (Å²) in [6.45, 7) is 6.78. The van der Waals surface area contributed by atoms with E-state index in [1.54, 1.807) is 6.20 Å². The highest BCUT2D eigenvalue weighted by molar-refractivity contribution is 5.84. The van der Waals surface area contributed by atoms with Crippen LogP contribution in [0.3, 0.4) is 0 Å². The number of nitrogens with one attached hydrogen (secondary N) is 1. The van der Waals surface area contributed by atoms with Gasteiger partial charge in [-0.05, 0) is 37.3 Å². The smallest absolute Gasteiger partial charge is 0.411 e. The molecule has 0 radical (unpaired) electrons. The predicted octanol–water partition coefficient (Wildman–Crippen LogP) is 3.28. The molecule has 1 aromatic heterocycles. The van der Waals surface area contributed by atoms with Crippen LogP contribution in [-0.2, 0) is 4.74 Å². The van der Waals surface area contributed by atoms with Crippen LogP contribution in [0.25, 0.3) is 0 Å². The summed E-state index contributed by atoms with van der Waals surface area (Å²) in [5, 5.41) is 2.67. The van der Waals surface area contributed by atoms with E-state index >= 15 is 0 Å². The largest absolute Gasteiger partial charge is 0.449 e. The van der Waals surface area contributed by atoms with Crippen LogP contribution in [0, 0.1) is 5.92 Å². The number of anilines is 2. The molecule has 0 spiro atoms. The SMILES string of the molecule is CCCOC(=O)Nc1ccc(N2CCCC(C)C2)nc1. The molecule has 20 heavy (non-hydrogen) atoms. The number of hydrogen-bond donors (Lipinski definition) is 1. The highest BCUT2D eigenvalue weighted by atomic mass is 16.5. The van der Waals surface area contributed by atoms with Crippen LogP contribution >= 0.6 is 0 Å². The topological polar surface area (TPSA) is 54.5 Å². The third-order valence-electron chi connectivity index (χ3n) is 3.41. The van der Waals surface area contributed by atoms with Crippen LogP contribution in [0.5, 0.6) is 0 Å². The molecular formula is C15H23N3O2. The van der Waals surface area contributed by atoms with Gasteiger partial charge < -0.3 is 9.64 Å². The van der Waals surface area contributed by atoms with Gasteiger partial charge in [-0.15, -0.1) is 0 Å². The van der Waals surface area contributed by atoms with Crippen LogP contribution in [0.2, 0.25) is 0 Å². The Morgan fingerprint density at radius 2 is 2.40 bits per heavy atom. The third-order valence-corrected chi connectivity index (χ3v) is 3.41. The molecule has 1 atom stereocenters. The fraction of sp³-hybridized carbons (Fsp3) is 0.600. The van der Waals surface area contributed by atoms with E-state index in [4.69, 9.17) is 4.74 Å². The van der Waals surface area contributed by atoms with Gasteiger partial charge in [0, 0.05) is 13.1 Å². The average Bonchev–Trinajstić information content (AvgIpc) is 2.46. The van der Waals surface area contributed by atoms with Gasteiger partial charge in [0.15, 0.2) is 0 Å². The Balaban J connectivity index is 1.90. The first-order valence-electron chi connectivity index (χ1n) is 7.34. The van der Waals surface area contributed by atoms with E-state index in [-0.39, 0.29) is 0 Å². The van der Waals surface area contributed by atoms with E-state index in [0.29, 0.717) is 18.2 Å². The van der Waals surface area contributed by atoms with Crippen molar-refractivity contribution in [3.05, 3.63) is 18.3 Å². The quantitative estimate of drug-likeness (QED) is 0.917. The fourth-order valence-electron chi connectivity index (χ4n) is 2.39. The molecule has 1 aliphatic heterocycles. The van der Waals surface area contributed by atoms with Crippen molar-refractivity contribution in [3.8, 4) is 0 Å². The zero-order chi connectivity index (χ0) is 14.4. The summed E-state index contributed by atoms with van der Waals surface area (Å²) < 4.78 is 4.97. The summed E-state index contributed by atoms with van der Waals surface area (Å²) in [5.74, 6) is 1.69. The van der Waals surface area contributed by atoms with Crippen molar-refractivity contribution in [2.24, 2.45) is 5.92 Å². The van der Waals surface area contributed by atoms with E-state index in [2.05, 4.69) is 22.1 Å². The summed E-state index contributed by atoms with van der Waals surface area (Å²) >= 11 is 0. The average molecular weight is 277 g/mol. The standard InChI is InChI=1S/C15H23N3O2/c1-3-9-20-15(19)17-13-6-7-14(16-10-13)18-8-4-5-12(2)11-18/h6-7,10,12H,3-5,8-9,11H2,1-2H3,(H,17,19). The maximum atomic E-state index is 11.4. The summed E-state index contributed by atoms with van der Waals surface area (Å²) in [6, 6.07) is 3.82. The Morgan fingerprint density at radius 1 is 1.55 bits per heavy atom. The first-order valence-corrected chi connectivity index (χ1v) is 7.34. The van der Waals surface area contributed by atoms with Crippen LogP contribution < -0.4 is 10.2 Å². The van der Waals surface area contributed by atoms with Crippen molar-refractivity contribution >= 4 is 17.6 Å². The molecule has 5 nitrogen and oxygen atoms in total. The number of pyridine rings is 1. The highest BCUT2D eigenvalue weighted by Gasteiger charge is 2.17. The molecule has 1 amide bonds. The van der Waals surface area contributed by atoms with Gasteiger partial charge in [-0.25, -0.2) is 9.78 Å². The third kappa shape index (κ3) is 4.11. The van der Waals surface area contributed by atoms with Crippen molar-refractivity contribution in [1.29, 1.82) is 0 Å². The van der Waals surface area contributed by atoms with Gasteiger partial charge in [0.2, 0.25) is 0 Å². The maximum Gasteiger partial charge on any atom is 0.411 e.